The van der Waals surface area contributed by atoms with Crippen LogP contribution in [0.2, 0.25) is 0 Å². The summed E-state index contributed by atoms with van der Waals surface area (Å²) in [6, 6.07) is 0. The first-order chi connectivity index (χ1) is 8.79. The molecule has 0 saturated carbocycles. The van der Waals surface area contributed by atoms with Gasteiger partial charge in [-0.15, -0.1) is 11.3 Å². The summed E-state index contributed by atoms with van der Waals surface area (Å²) in [7, 11) is 0. The highest BCUT2D eigenvalue weighted by atomic mass is 32.2. The van der Waals surface area contributed by atoms with Crippen molar-refractivity contribution in [3.63, 3.8) is 0 Å². The van der Waals surface area contributed by atoms with Crippen LogP contribution in [0.5, 0.6) is 0 Å². The number of nitrogens with one attached hydrogen (secondary N) is 2. The number of rotatable bonds is 5. The number of carbonyl (C=O) groups excluding carboxylic acids is 1. The zero-order valence-corrected chi connectivity index (χ0v) is 12.2. The molecular weight excluding hydrogens is 266 g/mol. The molecule has 2 heterocycles. The highest BCUT2D eigenvalue weighted by Crippen LogP contribution is 2.31. The van der Waals surface area contributed by atoms with Gasteiger partial charge in [-0.25, -0.2) is 4.98 Å². The van der Waals surface area contributed by atoms with E-state index in [4.69, 9.17) is 0 Å². The third-order valence-electron chi connectivity index (χ3n) is 3.04. The Morgan fingerprint density at radius 1 is 1.61 bits per heavy atom. The molecule has 2 rings (SSSR count). The molecule has 0 atom stereocenters. The Hall–Kier alpha value is -0.590. The Balaban J connectivity index is 1.87. The molecule has 1 aromatic heterocycles. The van der Waals surface area contributed by atoms with Gasteiger partial charge in [0.05, 0.1) is 0 Å². The minimum Gasteiger partial charge on any atom is -0.317 e. The number of nitrogens with zero attached hydrogens (tertiary/aromatic N) is 1. The lowest BCUT2D eigenvalue weighted by Crippen LogP contribution is -2.26. The Labute approximate surface area is 116 Å². The molecular formula is C12H19N3OS2. The lowest BCUT2D eigenvalue weighted by molar-refractivity contribution is -0.115. The van der Waals surface area contributed by atoms with Crippen molar-refractivity contribution < 1.29 is 4.79 Å². The minimum atomic E-state index is 0.0653. The molecule has 0 aliphatic carbocycles. The summed E-state index contributed by atoms with van der Waals surface area (Å²) in [5.74, 6) is 1.54. The fourth-order valence-electron chi connectivity index (χ4n) is 2.02. The van der Waals surface area contributed by atoms with Crippen molar-refractivity contribution in [2.24, 2.45) is 0 Å². The SMILES string of the molecule is CSCCC(=O)Nc1ncc(C2CCNCC2)s1. The molecule has 18 heavy (non-hydrogen) atoms. The molecule has 1 aromatic rings. The molecule has 1 fully saturated rings. The number of thiazole rings is 1. The normalized spacial score (nSPS) is 16.7. The fourth-order valence-corrected chi connectivity index (χ4v) is 3.41. The van der Waals surface area contributed by atoms with Crippen LogP contribution in [-0.2, 0) is 4.79 Å². The Bertz CT molecular complexity index is 388. The van der Waals surface area contributed by atoms with Crippen molar-refractivity contribution in [1.29, 1.82) is 0 Å². The highest BCUT2D eigenvalue weighted by Gasteiger charge is 2.18. The van der Waals surface area contributed by atoms with E-state index in [1.165, 1.54) is 17.7 Å². The predicted molar refractivity (Wildman–Crippen MR) is 78.6 cm³/mol. The van der Waals surface area contributed by atoms with E-state index < -0.39 is 0 Å². The van der Waals surface area contributed by atoms with Crippen molar-refractivity contribution in [2.45, 2.75) is 25.2 Å². The van der Waals surface area contributed by atoms with Crippen molar-refractivity contribution in [3.05, 3.63) is 11.1 Å². The lowest BCUT2D eigenvalue weighted by atomic mass is 9.97. The van der Waals surface area contributed by atoms with E-state index in [2.05, 4.69) is 15.6 Å². The summed E-state index contributed by atoms with van der Waals surface area (Å²) in [5, 5.41) is 6.98. The van der Waals surface area contributed by atoms with Gasteiger partial charge in [0.2, 0.25) is 5.91 Å². The van der Waals surface area contributed by atoms with E-state index >= 15 is 0 Å². The van der Waals surface area contributed by atoms with Crippen LogP contribution >= 0.6 is 23.1 Å². The van der Waals surface area contributed by atoms with E-state index in [9.17, 15) is 4.79 Å². The second kappa shape index (κ2) is 7.11. The molecule has 0 unspecified atom stereocenters. The molecule has 0 bridgehead atoms. The molecule has 2 N–H and O–H groups in total. The van der Waals surface area contributed by atoms with Crippen LogP contribution in [0, 0.1) is 0 Å². The van der Waals surface area contributed by atoms with Crippen LogP contribution in [-0.4, -0.2) is 36.0 Å². The van der Waals surface area contributed by atoms with Gasteiger partial charge in [0.25, 0.3) is 0 Å². The molecule has 0 spiro atoms. The summed E-state index contributed by atoms with van der Waals surface area (Å²) in [4.78, 5) is 17.2. The minimum absolute atomic E-state index is 0.0653. The topological polar surface area (TPSA) is 54.0 Å². The van der Waals surface area contributed by atoms with Gasteiger partial charge >= 0.3 is 0 Å². The number of aromatic nitrogens is 1. The summed E-state index contributed by atoms with van der Waals surface area (Å²) < 4.78 is 0. The van der Waals surface area contributed by atoms with Gasteiger partial charge in [0, 0.05) is 23.2 Å². The van der Waals surface area contributed by atoms with Gasteiger partial charge < -0.3 is 10.6 Å². The van der Waals surface area contributed by atoms with Crippen LogP contribution in [0.4, 0.5) is 5.13 Å². The smallest absolute Gasteiger partial charge is 0.226 e. The van der Waals surface area contributed by atoms with Crippen molar-refractivity contribution in [3.8, 4) is 0 Å². The molecule has 1 amide bonds. The Morgan fingerprint density at radius 2 is 2.39 bits per heavy atom. The van der Waals surface area contributed by atoms with Crippen LogP contribution < -0.4 is 10.6 Å². The second-order valence-electron chi connectivity index (χ2n) is 4.38. The molecule has 100 valence electrons. The maximum atomic E-state index is 11.6. The number of amides is 1. The quantitative estimate of drug-likeness (QED) is 0.871. The van der Waals surface area contributed by atoms with Gasteiger partial charge in [-0.2, -0.15) is 11.8 Å². The number of hydrogen-bond donors (Lipinski definition) is 2. The van der Waals surface area contributed by atoms with Crippen LogP contribution in [0.15, 0.2) is 6.20 Å². The number of hydrogen-bond acceptors (Lipinski definition) is 5. The summed E-state index contributed by atoms with van der Waals surface area (Å²) in [5.41, 5.74) is 0. The molecule has 0 radical (unpaired) electrons. The largest absolute Gasteiger partial charge is 0.317 e. The number of carbonyl (C=O) groups is 1. The zero-order valence-electron chi connectivity index (χ0n) is 10.6. The Morgan fingerprint density at radius 3 is 3.11 bits per heavy atom. The number of piperidine rings is 1. The third-order valence-corrected chi connectivity index (χ3v) is 4.73. The second-order valence-corrected chi connectivity index (χ2v) is 6.43. The standard InChI is InChI=1S/C12H19N3OS2/c1-17-7-4-11(16)15-12-14-8-10(18-12)9-2-5-13-6-3-9/h8-9,13H,2-7H2,1H3,(H,14,15,16). The maximum Gasteiger partial charge on any atom is 0.226 e. The summed E-state index contributed by atoms with van der Waals surface area (Å²) >= 11 is 3.31. The molecule has 1 aliphatic heterocycles. The number of anilines is 1. The predicted octanol–water partition coefficient (Wildman–Crippen LogP) is 2.30. The van der Waals surface area contributed by atoms with E-state index in [1.807, 2.05) is 12.5 Å². The molecule has 1 aliphatic rings. The average Bonchev–Trinajstić information content (AvgIpc) is 2.86. The average molecular weight is 285 g/mol. The van der Waals surface area contributed by atoms with E-state index in [0.29, 0.717) is 12.3 Å². The maximum absolute atomic E-state index is 11.6. The first-order valence-corrected chi connectivity index (χ1v) is 8.46. The number of thioether (sulfide) groups is 1. The van der Waals surface area contributed by atoms with Crippen LogP contribution in [0.1, 0.15) is 30.1 Å². The van der Waals surface area contributed by atoms with Crippen molar-refractivity contribution in [1.82, 2.24) is 10.3 Å². The lowest BCUT2D eigenvalue weighted by Gasteiger charge is -2.20. The Kier molecular flexibility index (Phi) is 5.46. The van der Waals surface area contributed by atoms with Gasteiger partial charge in [-0.3, -0.25) is 4.79 Å². The fraction of sp³-hybridized carbons (Fsp3) is 0.667. The zero-order chi connectivity index (χ0) is 12.8. The van der Waals surface area contributed by atoms with Gasteiger partial charge in [0.15, 0.2) is 5.13 Å². The molecule has 1 saturated heterocycles. The van der Waals surface area contributed by atoms with E-state index in [-0.39, 0.29) is 5.91 Å². The molecule has 0 aromatic carbocycles. The molecule has 6 heteroatoms. The first-order valence-electron chi connectivity index (χ1n) is 6.25. The van der Waals surface area contributed by atoms with Gasteiger partial charge in [-0.05, 0) is 38.1 Å². The van der Waals surface area contributed by atoms with Crippen LogP contribution in [0.25, 0.3) is 0 Å². The monoisotopic (exact) mass is 285 g/mol. The summed E-state index contributed by atoms with van der Waals surface area (Å²) in [6.45, 7) is 2.16. The van der Waals surface area contributed by atoms with Crippen molar-refractivity contribution in [2.75, 3.05) is 30.4 Å². The van der Waals surface area contributed by atoms with Crippen LogP contribution in [0.3, 0.4) is 0 Å². The summed E-state index contributed by atoms with van der Waals surface area (Å²) in [6.07, 6.45) is 6.82. The first kappa shape index (κ1) is 13.8. The molecule has 4 nitrogen and oxygen atoms in total. The third kappa shape index (κ3) is 3.96. The highest BCUT2D eigenvalue weighted by molar-refractivity contribution is 7.98. The van der Waals surface area contributed by atoms with Gasteiger partial charge in [0.1, 0.15) is 0 Å². The van der Waals surface area contributed by atoms with E-state index in [0.717, 1.165) is 24.0 Å². The van der Waals surface area contributed by atoms with E-state index in [1.54, 1.807) is 23.1 Å². The van der Waals surface area contributed by atoms with Gasteiger partial charge in [-0.1, -0.05) is 0 Å². The van der Waals surface area contributed by atoms with Crippen molar-refractivity contribution >= 4 is 34.1 Å².